The van der Waals surface area contributed by atoms with E-state index in [1.54, 1.807) is 25.8 Å². The normalized spacial score (nSPS) is 15.9. The van der Waals surface area contributed by atoms with E-state index in [0.717, 1.165) is 22.3 Å². The lowest BCUT2D eigenvalue weighted by Crippen LogP contribution is -2.65. The molecule has 2 aromatic heterocycles. The Bertz CT molecular complexity index is 2130. The van der Waals surface area contributed by atoms with Crippen LogP contribution in [0.2, 0.25) is 0 Å². The molecule has 1 amide bonds. The third kappa shape index (κ3) is 6.29. The highest BCUT2D eigenvalue weighted by Gasteiger charge is 2.60. The van der Waals surface area contributed by atoms with Crippen molar-refractivity contribution in [3.05, 3.63) is 190 Å². The number of nitrogens with zero attached hydrogens (tertiary/aromatic N) is 6. The molecule has 0 saturated carbocycles. The number of fused-ring (bicyclic) bond motifs is 1. The van der Waals surface area contributed by atoms with E-state index in [0.29, 0.717) is 17.9 Å². The monoisotopic (exact) mass is 724 g/mol. The number of aromatic nitrogens is 4. The van der Waals surface area contributed by atoms with E-state index in [2.05, 4.69) is 0 Å². The zero-order chi connectivity index (χ0) is 37.7. The third-order valence-corrected chi connectivity index (χ3v) is 10.3. The van der Waals surface area contributed by atoms with Gasteiger partial charge in [0.25, 0.3) is 0 Å². The summed E-state index contributed by atoms with van der Waals surface area (Å²) in [6.45, 7) is 1.31. The second-order valence-corrected chi connectivity index (χ2v) is 13.2. The zero-order valence-electron chi connectivity index (χ0n) is 30.0. The number of hydrogen-bond donors (Lipinski definition) is 0. The predicted molar refractivity (Wildman–Crippen MR) is 200 cm³/mol. The zero-order valence-corrected chi connectivity index (χ0v) is 30.0. The van der Waals surface area contributed by atoms with Crippen LogP contribution in [0, 0.1) is 10.1 Å². The Morgan fingerprint density at radius 1 is 0.852 bits per heavy atom. The first-order valence-corrected chi connectivity index (χ1v) is 17.7. The SMILES string of the molecule is CCOC(=O)N1Cc2c(ncn2Cc2ccccc2)C[C@]1(C(=O)OC)C(C[N+](=O)[O-])c1cn(C(c2ccccc2)(c2ccccc2)c2ccccc2)cn1. The number of ether oxygens (including phenoxy) is 2. The molecule has 1 aliphatic heterocycles. The van der Waals surface area contributed by atoms with Crippen molar-refractivity contribution >= 4 is 12.1 Å². The first-order valence-electron chi connectivity index (χ1n) is 17.7. The molecule has 0 aliphatic carbocycles. The van der Waals surface area contributed by atoms with Crippen molar-refractivity contribution in [1.82, 2.24) is 24.0 Å². The average Bonchev–Trinajstić information content (AvgIpc) is 3.85. The van der Waals surface area contributed by atoms with Gasteiger partial charge in [0.15, 0.2) is 5.54 Å². The molecule has 0 N–H and O–H groups in total. The van der Waals surface area contributed by atoms with Gasteiger partial charge in [-0.1, -0.05) is 121 Å². The van der Waals surface area contributed by atoms with Crippen LogP contribution >= 0.6 is 0 Å². The summed E-state index contributed by atoms with van der Waals surface area (Å²) in [5, 5.41) is 12.7. The molecular weight excluding hydrogens is 684 g/mol. The van der Waals surface area contributed by atoms with Crippen molar-refractivity contribution in [2.24, 2.45) is 0 Å². The number of methoxy groups -OCH3 is 1. The molecule has 1 aliphatic rings. The van der Waals surface area contributed by atoms with Crippen molar-refractivity contribution in [2.45, 2.75) is 43.4 Å². The Labute approximate surface area is 312 Å². The molecule has 0 radical (unpaired) electrons. The van der Waals surface area contributed by atoms with Gasteiger partial charge < -0.3 is 18.6 Å². The van der Waals surface area contributed by atoms with Gasteiger partial charge in [0.2, 0.25) is 6.54 Å². The maximum atomic E-state index is 14.4. The maximum Gasteiger partial charge on any atom is 0.411 e. The van der Waals surface area contributed by atoms with E-state index in [4.69, 9.17) is 19.4 Å². The van der Waals surface area contributed by atoms with Crippen LogP contribution < -0.4 is 0 Å². The van der Waals surface area contributed by atoms with Gasteiger partial charge in [0.05, 0.1) is 50.0 Å². The molecule has 0 saturated heterocycles. The minimum atomic E-state index is -1.94. The molecule has 4 aromatic carbocycles. The Morgan fingerprint density at radius 3 is 1.93 bits per heavy atom. The number of esters is 1. The van der Waals surface area contributed by atoms with Gasteiger partial charge in [-0.25, -0.2) is 19.6 Å². The number of benzene rings is 4. The van der Waals surface area contributed by atoms with Gasteiger partial charge in [0.1, 0.15) is 11.5 Å². The van der Waals surface area contributed by atoms with Crippen molar-refractivity contribution in [1.29, 1.82) is 0 Å². The average molecular weight is 725 g/mol. The first kappa shape index (κ1) is 35.8. The minimum Gasteiger partial charge on any atom is -0.467 e. The lowest BCUT2D eigenvalue weighted by molar-refractivity contribution is -0.486. The fraction of sp³-hybridized carbons (Fsp3) is 0.238. The molecule has 0 bridgehead atoms. The van der Waals surface area contributed by atoms with Crippen LogP contribution in [0.3, 0.4) is 0 Å². The quantitative estimate of drug-likeness (QED) is 0.0608. The van der Waals surface area contributed by atoms with E-state index in [1.165, 1.54) is 12.0 Å². The molecule has 54 heavy (non-hydrogen) atoms. The summed E-state index contributed by atoms with van der Waals surface area (Å²) < 4.78 is 14.9. The van der Waals surface area contributed by atoms with Crippen LogP contribution in [0.1, 0.15) is 52.2 Å². The number of carbonyl (C=O) groups excluding carboxylic acids is 2. The molecule has 2 atom stereocenters. The Kier molecular flexibility index (Phi) is 10.1. The number of imidazole rings is 2. The van der Waals surface area contributed by atoms with Crippen LogP contribution in [-0.2, 0) is 39.3 Å². The predicted octanol–water partition coefficient (Wildman–Crippen LogP) is 6.46. The van der Waals surface area contributed by atoms with E-state index < -0.39 is 40.5 Å². The number of rotatable bonds is 12. The second-order valence-electron chi connectivity index (χ2n) is 13.2. The third-order valence-electron chi connectivity index (χ3n) is 10.3. The summed E-state index contributed by atoms with van der Waals surface area (Å²) in [6, 6.07) is 39.6. The van der Waals surface area contributed by atoms with Crippen molar-refractivity contribution in [3.63, 3.8) is 0 Å². The van der Waals surface area contributed by atoms with Gasteiger partial charge in [0, 0.05) is 24.1 Å². The molecule has 274 valence electrons. The van der Waals surface area contributed by atoms with E-state index in [9.17, 15) is 19.7 Å². The van der Waals surface area contributed by atoms with Gasteiger partial charge in [-0.3, -0.25) is 15.0 Å². The summed E-state index contributed by atoms with van der Waals surface area (Å²) in [4.78, 5) is 51.5. The molecular formula is C42H40N6O6. The van der Waals surface area contributed by atoms with Gasteiger partial charge in [-0.15, -0.1) is 0 Å². The summed E-state index contributed by atoms with van der Waals surface area (Å²) in [5.41, 5.74) is 2.28. The molecule has 12 heteroatoms. The molecule has 3 heterocycles. The Morgan fingerprint density at radius 2 is 1.41 bits per heavy atom. The van der Waals surface area contributed by atoms with Crippen LogP contribution in [0.15, 0.2) is 140 Å². The lowest BCUT2D eigenvalue weighted by atomic mass is 9.74. The summed E-state index contributed by atoms with van der Waals surface area (Å²) in [5.74, 6) is -2.11. The van der Waals surface area contributed by atoms with Gasteiger partial charge in [-0.2, -0.15) is 0 Å². The fourth-order valence-corrected chi connectivity index (χ4v) is 7.90. The molecule has 0 fully saturated rings. The van der Waals surface area contributed by atoms with E-state index >= 15 is 0 Å². The Hall–Kier alpha value is -6.56. The summed E-state index contributed by atoms with van der Waals surface area (Å²) in [6.07, 6.45) is 4.08. The van der Waals surface area contributed by atoms with E-state index in [-0.39, 0.29) is 25.3 Å². The maximum absolute atomic E-state index is 14.4. The minimum absolute atomic E-state index is 0.0188. The van der Waals surface area contributed by atoms with Crippen LogP contribution in [0.4, 0.5) is 4.79 Å². The highest BCUT2D eigenvalue weighted by atomic mass is 16.6. The number of hydrogen-bond acceptors (Lipinski definition) is 8. The van der Waals surface area contributed by atoms with Crippen molar-refractivity contribution in [2.75, 3.05) is 20.3 Å². The largest absolute Gasteiger partial charge is 0.467 e. The van der Waals surface area contributed by atoms with Gasteiger partial charge in [-0.05, 0) is 29.2 Å². The van der Waals surface area contributed by atoms with Crippen molar-refractivity contribution in [3.8, 4) is 0 Å². The topological polar surface area (TPSA) is 135 Å². The molecule has 7 rings (SSSR count). The molecule has 1 unspecified atom stereocenters. The number of carbonyl (C=O) groups is 2. The number of nitro groups is 1. The molecule has 0 spiro atoms. The standard InChI is InChI=1S/C42H40N6O6/c1-3-54-40(50)47-28-38-36(43-29-45(38)25-31-16-8-4-9-17-31)24-41(47,39(49)53-2)35(26-48(51)52)37-27-46(30-44-37)42(32-18-10-5-11-19-32,33-20-12-6-13-21-33)34-22-14-7-15-23-34/h4-23,27,29-30,35H,3,24-26,28H2,1-2H3/t35?,41-/m1/s1. The smallest absolute Gasteiger partial charge is 0.411 e. The highest BCUT2D eigenvalue weighted by Crippen LogP contribution is 2.45. The summed E-state index contributed by atoms with van der Waals surface area (Å²) >= 11 is 0. The van der Waals surface area contributed by atoms with Crippen LogP contribution in [0.5, 0.6) is 0 Å². The second kappa shape index (κ2) is 15.2. The number of amides is 1. The van der Waals surface area contributed by atoms with Crippen molar-refractivity contribution < 1.29 is 24.0 Å². The fourth-order valence-electron chi connectivity index (χ4n) is 7.90. The lowest BCUT2D eigenvalue weighted by Gasteiger charge is -2.46. The molecule has 12 nitrogen and oxygen atoms in total. The van der Waals surface area contributed by atoms with Crippen LogP contribution in [-0.4, -0.2) is 66.8 Å². The highest BCUT2D eigenvalue weighted by molar-refractivity contribution is 5.88. The Balaban J connectivity index is 1.43. The first-order chi connectivity index (χ1) is 26.3. The molecule has 6 aromatic rings. The summed E-state index contributed by atoms with van der Waals surface area (Å²) in [7, 11) is 1.21. The van der Waals surface area contributed by atoms with Crippen LogP contribution in [0.25, 0.3) is 0 Å². The van der Waals surface area contributed by atoms with Gasteiger partial charge >= 0.3 is 12.1 Å². The van der Waals surface area contributed by atoms with E-state index in [1.807, 2.05) is 130 Å².